The Morgan fingerprint density at radius 3 is 2.28 bits per heavy atom. The number of piperidine rings is 1. The molecule has 1 atom stereocenters. The zero-order valence-electron chi connectivity index (χ0n) is 20.7. The van der Waals surface area contributed by atoms with Crippen molar-refractivity contribution in [2.24, 2.45) is 5.92 Å². The van der Waals surface area contributed by atoms with Crippen molar-refractivity contribution in [1.82, 2.24) is 14.5 Å². The topological polar surface area (TPSA) is 106 Å². The standard InChI is InChI=1S/C26H30N4O6/c1-34-21-13-18(14-22(35-2)24(21)36-3)29-15-16(12-23(29)31)25(32)28-10-8-17(9-11-28)30-20-7-5-4-6-19(20)27-26(30)33/h4-7,13-14,16-17H,8-12,15H2,1-3H3,(H,27,33). The van der Waals surface area contributed by atoms with Crippen molar-refractivity contribution >= 4 is 28.5 Å². The van der Waals surface area contributed by atoms with E-state index in [1.165, 1.54) is 21.3 Å². The van der Waals surface area contributed by atoms with Crippen LogP contribution in [0.2, 0.25) is 0 Å². The molecule has 2 amide bonds. The predicted octanol–water partition coefficient (Wildman–Crippen LogP) is 2.57. The maximum atomic E-state index is 13.3. The molecule has 2 aromatic carbocycles. The molecule has 2 saturated heterocycles. The number of carbonyl (C=O) groups is 2. The lowest BCUT2D eigenvalue weighted by Gasteiger charge is -2.34. The summed E-state index contributed by atoms with van der Waals surface area (Å²) in [7, 11) is 4.56. The third kappa shape index (κ3) is 4.06. The lowest BCUT2D eigenvalue weighted by Crippen LogP contribution is -2.43. The first-order chi connectivity index (χ1) is 17.4. The molecule has 1 aromatic heterocycles. The zero-order chi connectivity index (χ0) is 25.4. The number of aromatic nitrogens is 2. The number of anilines is 1. The molecule has 1 N–H and O–H groups in total. The van der Waals surface area contributed by atoms with Crippen LogP contribution < -0.4 is 24.8 Å². The van der Waals surface area contributed by atoms with E-state index in [0.29, 0.717) is 48.9 Å². The summed E-state index contributed by atoms with van der Waals surface area (Å²) in [6.07, 6.45) is 1.52. The van der Waals surface area contributed by atoms with Crippen LogP contribution in [0.15, 0.2) is 41.2 Å². The zero-order valence-corrected chi connectivity index (χ0v) is 20.7. The molecule has 190 valence electrons. The lowest BCUT2D eigenvalue weighted by atomic mass is 10.0. The number of carbonyl (C=O) groups excluding carboxylic acids is 2. The molecular formula is C26H30N4O6. The third-order valence-corrected chi connectivity index (χ3v) is 7.20. The van der Waals surface area contributed by atoms with Gasteiger partial charge in [-0.05, 0) is 25.0 Å². The van der Waals surface area contributed by atoms with Gasteiger partial charge in [-0.25, -0.2) is 4.79 Å². The largest absolute Gasteiger partial charge is 0.493 e. The fraction of sp³-hybridized carbons (Fsp3) is 0.423. The first-order valence-corrected chi connectivity index (χ1v) is 12.0. The Kier molecular flexibility index (Phi) is 6.34. The molecule has 1 unspecified atom stereocenters. The van der Waals surface area contributed by atoms with E-state index >= 15 is 0 Å². The van der Waals surface area contributed by atoms with E-state index < -0.39 is 5.92 Å². The highest BCUT2D eigenvalue weighted by Crippen LogP contribution is 2.42. The van der Waals surface area contributed by atoms with E-state index in [1.54, 1.807) is 17.0 Å². The number of imidazole rings is 1. The van der Waals surface area contributed by atoms with Crippen LogP contribution in [-0.2, 0) is 9.59 Å². The lowest BCUT2D eigenvalue weighted by molar-refractivity contribution is -0.137. The van der Waals surface area contributed by atoms with Gasteiger partial charge in [0.05, 0.1) is 44.0 Å². The van der Waals surface area contributed by atoms with Crippen molar-refractivity contribution in [2.75, 3.05) is 45.9 Å². The van der Waals surface area contributed by atoms with Gasteiger partial charge in [0.25, 0.3) is 0 Å². The van der Waals surface area contributed by atoms with Crippen LogP contribution in [-0.4, -0.2) is 67.2 Å². The van der Waals surface area contributed by atoms with Gasteiger partial charge in [-0.2, -0.15) is 0 Å². The molecule has 10 nitrogen and oxygen atoms in total. The van der Waals surface area contributed by atoms with Crippen molar-refractivity contribution in [2.45, 2.75) is 25.3 Å². The number of aromatic amines is 1. The van der Waals surface area contributed by atoms with Gasteiger partial charge >= 0.3 is 5.69 Å². The molecule has 3 heterocycles. The first kappa shape index (κ1) is 23.8. The number of likely N-dealkylation sites (tertiary alicyclic amines) is 1. The van der Waals surface area contributed by atoms with Crippen LogP contribution in [0, 0.1) is 5.92 Å². The summed E-state index contributed by atoms with van der Waals surface area (Å²) in [6.45, 7) is 1.38. The number of rotatable bonds is 6. The van der Waals surface area contributed by atoms with Crippen LogP contribution in [0.25, 0.3) is 11.0 Å². The second-order valence-electron chi connectivity index (χ2n) is 9.16. The second kappa shape index (κ2) is 9.60. The van der Waals surface area contributed by atoms with Crippen LogP contribution in [0.5, 0.6) is 17.2 Å². The third-order valence-electron chi connectivity index (χ3n) is 7.20. The Morgan fingerprint density at radius 2 is 1.64 bits per heavy atom. The molecule has 2 aliphatic rings. The van der Waals surface area contributed by atoms with Gasteiger partial charge in [0, 0.05) is 44.2 Å². The van der Waals surface area contributed by atoms with Gasteiger partial charge in [-0.3, -0.25) is 14.2 Å². The average molecular weight is 495 g/mol. The van der Waals surface area contributed by atoms with Crippen molar-refractivity contribution in [3.63, 3.8) is 0 Å². The number of fused-ring (bicyclic) bond motifs is 1. The summed E-state index contributed by atoms with van der Waals surface area (Å²) in [6, 6.07) is 11.1. The number of H-pyrrole nitrogens is 1. The van der Waals surface area contributed by atoms with Gasteiger partial charge < -0.3 is 29.0 Å². The van der Waals surface area contributed by atoms with Crippen molar-refractivity contribution in [3.8, 4) is 17.2 Å². The van der Waals surface area contributed by atoms with Crippen molar-refractivity contribution in [3.05, 3.63) is 46.9 Å². The highest BCUT2D eigenvalue weighted by atomic mass is 16.5. The molecular weight excluding hydrogens is 464 g/mol. The molecule has 5 rings (SSSR count). The molecule has 0 saturated carbocycles. The summed E-state index contributed by atoms with van der Waals surface area (Å²) in [5.41, 5.74) is 2.18. The van der Waals surface area contributed by atoms with E-state index in [0.717, 1.165) is 11.0 Å². The Balaban J connectivity index is 1.28. The maximum Gasteiger partial charge on any atom is 0.326 e. The highest BCUT2D eigenvalue weighted by molar-refractivity contribution is 6.00. The molecule has 0 bridgehead atoms. The number of amides is 2. The van der Waals surface area contributed by atoms with Crippen LogP contribution in [0.4, 0.5) is 5.69 Å². The molecule has 2 aliphatic heterocycles. The van der Waals surface area contributed by atoms with E-state index in [1.807, 2.05) is 33.7 Å². The fourth-order valence-electron chi connectivity index (χ4n) is 5.39. The predicted molar refractivity (Wildman–Crippen MR) is 134 cm³/mol. The van der Waals surface area contributed by atoms with Crippen LogP contribution >= 0.6 is 0 Å². The highest BCUT2D eigenvalue weighted by Gasteiger charge is 2.39. The number of nitrogens with zero attached hydrogens (tertiary/aromatic N) is 3. The molecule has 0 radical (unpaired) electrons. The number of hydrogen-bond donors (Lipinski definition) is 1. The monoisotopic (exact) mass is 494 g/mol. The minimum Gasteiger partial charge on any atom is -0.493 e. The first-order valence-electron chi connectivity index (χ1n) is 12.0. The Morgan fingerprint density at radius 1 is 0.972 bits per heavy atom. The number of benzene rings is 2. The Bertz CT molecular complexity index is 1330. The molecule has 3 aromatic rings. The normalized spacial score (nSPS) is 18.6. The Labute approximate surface area is 208 Å². The van der Waals surface area contributed by atoms with E-state index in [4.69, 9.17) is 14.2 Å². The molecule has 10 heteroatoms. The van der Waals surface area contributed by atoms with Crippen molar-refractivity contribution < 1.29 is 23.8 Å². The maximum absolute atomic E-state index is 13.3. The number of nitrogens with one attached hydrogen (secondary N) is 1. The van der Waals surface area contributed by atoms with Gasteiger partial charge in [0.1, 0.15) is 0 Å². The smallest absolute Gasteiger partial charge is 0.326 e. The van der Waals surface area contributed by atoms with Gasteiger partial charge in [-0.1, -0.05) is 12.1 Å². The molecule has 36 heavy (non-hydrogen) atoms. The summed E-state index contributed by atoms with van der Waals surface area (Å²) < 4.78 is 18.0. The minimum absolute atomic E-state index is 0.0250. The number of para-hydroxylation sites is 2. The van der Waals surface area contributed by atoms with Crippen molar-refractivity contribution in [1.29, 1.82) is 0 Å². The van der Waals surface area contributed by atoms with Gasteiger partial charge in [0.15, 0.2) is 11.5 Å². The molecule has 0 spiro atoms. The van der Waals surface area contributed by atoms with Gasteiger partial charge in [0.2, 0.25) is 17.6 Å². The number of ether oxygens (including phenoxy) is 3. The van der Waals surface area contributed by atoms with Crippen LogP contribution in [0.3, 0.4) is 0 Å². The summed E-state index contributed by atoms with van der Waals surface area (Å²) in [4.78, 5) is 45.1. The number of hydrogen-bond acceptors (Lipinski definition) is 6. The minimum atomic E-state index is -0.427. The van der Waals surface area contributed by atoms with Gasteiger partial charge in [-0.15, -0.1) is 0 Å². The van der Waals surface area contributed by atoms with E-state index in [9.17, 15) is 14.4 Å². The van der Waals surface area contributed by atoms with E-state index in [2.05, 4.69) is 4.98 Å². The van der Waals surface area contributed by atoms with Crippen LogP contribution in [0.1, 0.15) is 25.3 Å². The number of methoxy groups -OCH3 is 3. The molecule has 0 aliphatic carbocycles. The summed E-state index contributed by atoms with van der Waals surface area (Å²) in [5.74, 6) is 0.767. The molecule has 2 fully saturated rings. The fourth-order valence-corrected chi connectivity index (χ4v) is 5.39. The summed E-state index contributed by atoms with van der Waals surface area (Å²) >= 11 is 0. The Hall–Kier alpha value is -3.95. The second-order valence-corrected chi connectivity index (χ2v) is 9.16. The summed E-state index contributed by atoms with van der Waals surface area (Å²) in [5, 5.41) is 0. The van der Waals surface area contributed by atoms with E-state index in [-0.39, 0.29) is 36.5 Å². The quantitative estimate of drug-likeness (QED) is 0.565. The average Bonchev–Trinajstić information content (AvgIpc) is 3.46. The SMILES string of the molecule is COc1cc(N2CC(C(=O)N3CCC(n4c(=O)[nH]c5ccccc54)CC3)CC2=O)cc(OC)c1OC.